The molecule has 0 unspecified atom stereocenters. The van der Waals surface area contributed by atoms with Crippen molar-refractivity contribution < 1.29 is 16.8 Å². The molecule has 1 saturated heterocycles. The van der Waals surface area contributed by atoms with Crippen LogP contribution in [0.3, 0.4) is 0 Å². The Morgan fingerprint density at radius 2 is 1.38 bits per heavy atom. The van der Waals surface area contributed by atoms with Gasteiger partial charge >= 0.3 is 0 Å². The van der Waals surface area contributed by atoms with Gasteiger partial charge in [-0.3, -0.25) is 0 Å². The lowest BCUT2D eigenvalue weighted by molar-refractivity contribution is 0.315. The Morgan fingerprint density at radius 1 is 0.781 bits per heavy atom. The number of hydrogen-bond acceptors (Lipinski definition) is 4. The van der Waals surface area contributed by atoms with Gasteiger partial charge in [-0.2, -0.15) is 4.31 Å². The molecule has 8 heteroatoms. The summed E-state index contributed by atoms with van der Waals surface area (Å²) in [5, 5.41) is 0. The first-order chi connectivity index (χ1) is 15.4. The van der Waals surface area contributed by atoms with Crippen LogP contribution < -0.4 is 4.72 Å². The monoisotopic (exact) mass is 470 g/mol. The Hall–Kier alpha value is -2.52. The minimum Gasteiger partial charge on any atom is -0.207 e. The molecule has 1 N–H and O–H groups in total. The molecule has 1 aliphatic rings. The molecule has 0 saturated carbocycles. The predicted molar refractivity (Wildman–Crippen MR) is 124 cm³/mol. The van der Waals surface area contributed by atoms with Crippen LogP contribution in [0.4, 0.5) is 0 Å². The van der Waals surface area contributed by atoms with E-state index in [0.717, 1.165) is 24.0 Å². The van der Waals surface area contributed by atoms with E-state index in [1.165, 1.54) is 28.6 Å². The lowest BCUT2D eigenvalue weighted by Crippen LogP contribution is -2.39. The van der Waals surface area contributed by atoms with E-state index in [1.807, 2.05) is 60.7 Å². The summed E-state index contributed by atoms with van der Waals surface area (Å²) < 4.78 is 55.6. The molecule has 0 spiro atoms. The van der Waals surface area contributed by atoms with Gasteiger partial charge in [0.1, 0.15) is 0 Å². The number of rotatable bonds is 7. The van der Waals surface area contributed by atoms with Gasteiger partial charge in [-0.1, -0.05) is 60.7 Å². The van der Waals surface area contributed by atoms with E-state index in [1.54, 1.807) is 0 Å². The lowest BCUT2D eigenvalue weighted by atomic mass is 9.92. The number of piperidine rings is 1. The zero-order valence-corrected chi connectivity index (χ0v) is 19.2. The fourth-order valence-electron chi connectivity index (χ4n) is 3.96. The Kier molecular flexibility index (Phi) is 6.76. The maximum Gasteiger partial charge on any atom is 0.243 e. The summed E-state index contributed by atoms with van der Waals surface area (Å²) in [6, 6.07) is 24.6. The van der Waals surface area contributed by atoms with Crippen molar-refractivity contribution in [1.29, 1.82) is 0 Å². The minimum atomic E-state index is -3.75. The number of hydrogen-bond donors (Lipinski definition) is 1. The molecule has 1 atom stereocenters. The fraction of sp³-hybridized carbons (Fsp3) is 0.250. The molecule has 1 fully saturated rings. The van der Waals surface area contributed by atoms with E-state index in [0.29, 0.717) is 13.1 Å². The summed E-state index contributed by atoms with van der Waals surface area (Å²) in [5.74, 6) is 0.154. The average Bonchev–Trinajstić information content (AvgIpc) is 2.84. The molecule has 0 aromatic heterocycles. The van der Waals surface area contributed by atoms with E-state index in [4.69, 9.17) is 0 Å². The van der Waals surface area contributed by atoms with Crippen LogP contribution in [0.5, 0.6) is 0 Å². The van der Waals surface area contributed by atoms with Crippen LogP contribution in [-0.4, -0.2) is 34.2 Å². The quantitative estimate of drug-likeness (QED) is 0.570. The maximum atomic E-state index is 13.2. The average molecular weight is 471 g/mol. The molecule has 3 aromatic rings. The molecule has 6 nitrogen and oxygen atoms in total. The molecule has 1 heterocycles. The zero-order chi connectivity index (χ0) is 22.6. The highest BCUT2D eigenvalue weighted by Crippen LogP contribution is 2.30. The number of nitrogens with one attached hydrogen (secondary N) is 1. The Morgan fingerprint density at radius 3 is 2.03 bits per heavy atom. The van der Waals surface area contributed by atoms with E-state index in [-0.39, 0.29) is 22.3 Å². The molecule has 0 bridgehead atoms. The maximum absolute atomic E-state index is 13.2. The third-order valence-corrected chi connectivity index (χ3v) is 9.03. The zero-order valence-electron chi connectivity index (χ0n) is 17.6. The van der Waals surface area contributed by atoms with Crippen LogP contribution in [0.25, 0.3) is 0 Å². The standard InChI is InChI=1S/C24H26N2O4S2/c27-31(28,25-18-20-8-3-1-4-9-20)23-13-15-24(16-14-23)32(29,30)26-17-7-12-22(19-26)21-10-5-2-6-11-21/h1-6,8-11,13-16,22,25H,7,12,17-19H2/t22-/m0/s1. The minimum absolute atomic E-state index is 0.0354. The van der Waals surface area contributed by atoms with Gasteiger partial charge in [0, 0.05) is 19.6 Å². The number of benzene rings is 3. The fourth-order valence-corrected chi connectivity index (χ4v) is 6.50. The van der Waals surface area contributed by atoms with Gasteiger partial charge in [0.2, 0.25) is 20.0 Å². The predicted octanol–water partition coefficient (Wildman–Crippen LogP) is 3.73. The van der Waals surface area contributed by atoms with Crippen LogP contribution in [0, 0.1) is 0 Å². The lowest BCUT2D eigenvalue weighted by Gasteiger charge is -2.32. The molecule has 4 rings (SSSR count). The van der Waals surface area contributed by atoms with Gasteiger partial charge in [-0.15, -0.1) is 0 Å². The number of sulfonamides is 2. The van der Waals surface area contributed by atoms with E-state index in [9.17, 15) is 16.8 Å². The molecule has 0 radical (unpaired) electrons. The van der Waals surface area contributed by atoms with E-state index >= 15 is 0 Å². The topological polar surface area (TPSA) is 83.5 Å². The molecule has 0 amide bonds. The molecule has 0 aliphatic carbocycles. The Balaban J connectivity index is 1.47. The first-order valence-corrected chi connectivity index (χ1v) is 13.5. The van der Waals surface area contributed by atoms with Crippen LogP contribution in [-0.2, 0) is 26.6 Å². The van der Waals surface area contributed by atoms with Gasteiger partial charge in [-0.25, -0.2) is 21.6 Å². The van der Waals surface area contributed by atoms with Gasteiger partial charge in [0.15, 0.2) is 0 Å². The van der Waals surface area contributed by atoms with Crippen molar-refractivity contribution in [3.63, 3.8) is 0 Å². The molecule has 1 aliphatic heterocycles. The second kappa shape index (κ2) is 9.54. The highest BCUT2D eigenvalue weighted by molar-refractivity contribution is 7.89. The largest absolute Gasteiger partial charge is 0.243 e. The van der Waals surface area contributed by atoms with Crippen molar-refractivity contribution in [3.8, 4) is 0 Å². The van der Waals surface area contributed by atoms with Crippen molar-refractivity contribution in [2.75, 3.05) is 13.1 Å². The van der Waals surface area contributed by atoms with Crippen LogP contribution in [0.2, 0.25) is 0 Å². The molecular formula is C24H26N2O4S2. The number of nitrogens with zero attached hydrogens (tertiary/aromatic N) is 1. The summed E-state index contributed by atoms with van der Waals surface area (Å²) >= 11 is 0. The van der Waals surface area contributed by atoms with E-state index in [2.05, 4.69) is 4.72 Å². The molecule has 32 heavy (non-hydrogen) atoms. The second-order valence-electron chi connectivity index (χ2n) is 7.89. The Labute approximate surface area is 190 Å². The van der Waals surface area contributed by atoms with Crippen molar-refractivity contribution in [2.45, 2.75) is 35.1 Å². The third-order valence-electron chi connectivity index (χ3n) is 5.74. The summed E-state index contributed by atoms with van der Waals surface area (Å²) in [5.41, 5.74) is 1.98. The van der Waals surface area contributed by atoms with Crippen molar-refractivity contribution >= 4 is 20.0 Å². The summed E-state index contributed by atoms with van der Waals surface area (Å²) in [7, 11) is -7.45. The summed E-state index contributed by atoms with van der Waals surface area (Å²) in [4.78, 5) is 0.140. The van der Waals surface area contributed by atoms with E-state index < -0.39 is 20.0 Å². The second-order valence-corrected chi connectivity index (χ2v) is 11.6. The third kappa shape index (κ3) is 5.10. The summed E-state index contributed by atoms with van der Waals surface area (Å²) in [6.07, 6.45) is 1.73. The van der Waals surface area contributed by atoms with Crippen molar-refractivity contribution in [1.82, 2.24) is 9.03 Å². The molecule has 168 valence electrons. The molecule has 3 aromatic carbocycles. The SMILES string of the molecule is O=S(=O)(NCc1ccccc1)c1ccc(S(=O)(=O)N2CCC[C@H](c3ccccc3)C2)cc1. The van der Waals surface area contributed by atoms with Gasteiger partial charge in [-0.05, 0) is 54.2 Å². The van der Waals surface area contributed by atoms with Crippen LogP contribution in [0.15, 0.2) is 94.7 Å². The van der Waals surface area contributed by atoms with Crippen molar-refractivity contribution in [3.05, 3.63) is 96.1 Å². The highest BCUT2D eigenvalue weighted by Gasteiger charge is 2.31. The molecular weight excluding hydrogens is 444 g/mol. The van der Waals surface area contributed by atoms with Crippen molar-refractivity contribution in [2.24, 2.45) is 0 Å². The normalized spacial score (nSPS) is 17.8. The van der Waals surface area contributed by atoms with Gasteiger partial charge in [0.25, 0.3) is 0 Å². The first kappa shape index (κ1) is 22.7. The van der Waals surface area contributed by atoms with Crippen LogP contribution >= 0.6 is 0 Å². The first-order valence-electron chi connectivity index (χ1n) is 10.5. The van der Waals surface area contributed by atoms with Gasteiger partial charge < -0.3 is 0 Å². The van der Waals surface area contributed by atoms with Gasteiger partial charge in [0.05, 0.1) is 9.79 Å². The Bertz CT molecular complexity index is 1240. The summed E-state index contributed by atoms with van der Waals surface area (Å²) in [6.45, 7) is 1.05. The smallest absolute Gasteiger partial charge is 0.207 e. The highest BCUT2D eigenvalue weighted by atomic mass is 32.2. The van der Waals surface area contributed by atoms with Crippen LogP contribution in [0.1, 0.15) is 29.9 Å².